The second-order valence-corrected chi connectivity index (χ2v) is 8.45. The van der Waals surface area contributed by atoms with E-state index in [0.717, 1.165) is 16.8 Å². The average molecular weight is 399 g/mol. The maximum absolute atomic E-state index is 13.3. The van der Waals surface area contributed by atoms with Gasteiger partial charge in [-0.2, -0.15) is 0 Å². The Morgan fingerprint density at radius 3 is 2.37 bits per heavy atom. The lowest BCUT2D eigenvalue weighted by molar-refractivity contribution is 0.0938. The maximum Gasteiger partial charge on any atom is 0.259 e. The summed E-state index contributed by atoms with van der Waals surface area (Å²) in [6.07, 6.45) is -0.423. The summed E-state index contributed by atoms with van der Waals surface area (Å²) in [5.41, 5.74) is 11.6. The van der Waals surface area contributed by atoms with Crippen LogP contribution in [-0.2, 0) is 0 Å². The SMILES string of the molecule is CC(c1ccccc1)C1c2cccc3c2C(CC1O)C(N)N3C(=O)c1ccccc1. The normalized spacial score (nSPS) is 25.6. The van der Waals surface area contributed by atoms with Gasteiger partial charge in [-0.25, -0.2) is 0 Å². The molecule has 3 N–H and O–H groups in total. The third kappa shape index (κ3) is 2.87. The van der Waals surface area contributed by atoms with Gasteiger partial charge in [0.25, 0.3) is 5.91 Å². The van der Waals surface area contributed by atoms with Gasteiger partial charge in [-0.15, -0.1) is 0 Å². The molecule has 1 heterocycles. The first kappa shape index (κ1) is 19.0. The number of hydrogen-bond acceptors (Lipinski definition) is 3. The predicted octanol–water partition coefficient (Wildman–Crippen LogP) is 4.37. The van der Waals surface area contributed by atoms with E-state index in [0.29, 0.717) is 12.0 Å². The summed E-state index contributed by atoms with van der Waals surface area (Å²) in [6, 6.07) is 25.7. The summed E-state index contributed by atoms with van der Waals surface area (Å²) < 4.78 is 0. The summed E-state index contributed by atoms with van der Waals surface area (Å²) in [5.74, 6) is -0.0209. The topological polar surface area (TPSA) is 66.6 Å². The average Bonchev–Trinajstić information content (AvgIpc) is 3.07. The largest absolute Gasteiger partial charge is 0.392 e. The summed E-state index contributed by atoms with van der Waals surface area (Å²) in [6.45, 7) is 2.17. The molecule has 0 radical (unpaired) electrons. The number of carbonyl (C=O) groups is 1. The van der Waals surface area contributed by atoms with Gasteiger partial charge in [-0.1, -0.05) is 67.6 Å². The molecule has 0 aromatic heterocycles. The van der Waals surface area contributed by atoms with Crippen molar-refractivity contribution in [2.45, 2.75) is 43.4 Å². The van der Waals surface area contributed by atoms with Crippen molar-refractivity contribution < 1.29 is 9.90 Å². The van der Waals surface area contributed by atoms with E-state index in [1.54, 1.807) is 4.90 Å². The van der Waals surface area contributed by atoms with Crippen LogP contribution >= 0.6 is 0 Å². The van der Waals surface area contributed by atoms with Crippen molar-refractivity contribution in [2.75, 3.05) is 4.90 Å². The molecule has 5 rings (SSSR count). The molecule has 0 saturated heterocycles. The Labute approximate surface area is 177 Å². The zero-order valence-electron chi connectivity index (χ0n) is 17.0. The molecular weight excluding hydrogens is 372 g/mol. The van der Waals surface area contributed by atoms with Crippen LogP contribution in [-0.4, -0.2) is 23.3 Å². The molecule has 152 valence electrons. The highest BCUT2D eigenvalue weighted by molar-refractivity contribution is 6.08. The molecule has 0 spiro atoms. The Hall–Kier alpha value is -2.95. The maximum atomic E-state index is 13.3. The summed E-state index contributed by atoms with van der Waals surface area (Å²) in [5, 5.41) is 11.2. The van der Waals surface area contributed by atoms with E-state index >= 15 is 0 Å². The number of aliphatic hydroxyl groups excluding tert-OH is 1. The second-order valence-electron chi connectivity index (χ2n) is 8.45. The van der Waals surface area contributed by atoms with Crippen molar-refractivity contribution in [1.82, 2.24) is 0 Å². The van der Waals surface area contributed by atoms with Crippen LogP contribution in [0.25, 0.3) is 0 Å². The van der Waals surface area contributed by atoms with E-state index in [1.165, 1.54) is 5.56 Å². The number of nitrogens with two attached hydrogens (primary N) is 1. The van der Waals surface area contributed by atoms with E-state index in [9.17, 15) is 9.90 Å². The Morgan fingerprint density at radius 2 is 1.67 bits per heavy atom. The zero-order valence-corrected chi connectivity index (χ0v) is 17.0. The van der Waals surface area contributed by atoms with Gasteiger partial charge in [0.1, 0.15) is 0 Å². The number of carbonyl (C=O) groups excluding carboxylic acids is 1. The van der Waals surface area contributed by atoms with Gasteiger partial charge in [-0.05, 0) is 47.2 Å². The molecule has 0 bridgehead atoms. The van der Waals surface area contributed by atoms with Crippen LogP contribution < -0.4 is 10.6 Å². The van der Waals surface area contributed by atoms with Gasteiger partial charge in [0, 0.05) is 23.1 Å². The molecular formula is C26H26N2O2. The third-order valence-corrected chi connectivity index (χ3v) is 6.83. The summed E-state index contributed by atoms with van der Waals surface area (Å²) >= 11 is 0. The Kier molecular flexibility index (Phi) is 4.69. The molecule has 2 aliphatic rings. The van der Waals surface area contributed by atoms with Crippen LogP contribution in [0.3, 0.4) is 0 Å². The van der Waals surface area contributed by atoms with Crippen molar-refractivity contribution in [3.63, 3.8) is 0 Å². The minimum atomic E-state index is -0.509. The number of amides is 1. The molecule has 1 amide bonds. The molecule has 4 nitrogen and oxygen atoms in total. The van der Waals surface area contributed by atoms with Gasteiger partial charge in [-0.3, -0.25) is 9.69 Å². The van der Waals surface area contributed by atoms with Crippen LogP contribution in [0, 0.1) is 0 Å². The molecule has 5 unspecified atom stereocenters. The second kappa shape index (κ2) is 7.38. The minimum absolute atomic E-state index is 0.0300. The lowest BCUT2D eigenvalue weighted by atomic mass is 9.69. The van der Waals surface area contributed by atoms with Crippen LogP contribution in [0.15, 0.2) is 78.9 Å². The molecule has 30 heavy (non-hydrogen) atoms. The fraction of sp³-hybridized carbons (Fsp3) is 0.269. The van der Waals surface area contributed by atoms with Crippen molar-refractivity contribution in [1.29, 1.82) is 0 Å². The van der Waals surface area contributed by atoms with Gasteiger partial charge in [0.2, 0.25) is 0 Å². The van der Waals surface area contributed by atoms with Crippen molar-refractivity contribution in [3.8, 4) is 0 Å². The van der Waals surface area contributed by atoms with Gasteiger partial charge in [0.05, 0.1) is 12.3 Å². The van der Waals surface area contributed by atoms with Gasteiger partial charge >= 0.3 is 0 Å². The molecule has 5 atom stereocenters. The molecule has 1 aliphatic heterocycles. The van der Waals surface area contributed by atoms with Crippen molar-refractivity contribution >= 4 is 11.6 Å². The number of nitrogens with zero attached hydrogens (tertiary/aromatic N) is 1. The lowest BCUT2D eigenvalue weighted by Crippen LogP contribution is -2.46. The first-order chi connectivity index (χ1) is 14.6. The van der Waals surface area contributed by atoms with Crippen LogP contribution in [0.1, 0.15) is 58.1 Å². The number of rotatable bonds is 3. The van der Waals surface area contributed by atoms with E-state index < -0.39 is 12.3 Å². The molecule has 0 fully saturated rings. The van der Waals surface area contributed by atoms with Crippen LogP contribution in [0.2, 0.25) is 0 Å². The van der Waals surface area contributed by atoms with Gasteiger partial charge in [0.15, 0.2) is 0 Å². The van der Waals surface area contributed by atoms with E-state index in [-0.39, 0.29) is 23.7 Å². The molecule has 1 aliphatic carbocycles. The Balaban J connectivity index is 1.59. The minimum Gasteiger partial charge on any atom is -0.392 e. The first-order valence-corrected chi connectivity index (χ1v) is 10.6. The fourth-order valence-electron chi connectivity index (χ4n) is 5.39. The van der Waals surface area contributed by atoms with E-state index in [4.69, 9.17) is 5.73 Å². The van der Waals surface area contributed by atoms with Crippen LogP contribution in [0.4, 0.5) is 5.69 Å². The summed E-state index contributed by atoms with van der Waals surface area (Å²) in [4.78, 5) is 15.0. The fourth-order valence-corrected chi connectivity index (χ4v) is 5.39. The van der Waals surface area contributed by atoms with E-state index in [2.05, 4.69) is 25.1 Å². The highest BCUT2D eigenvalue weighted by Gasteiger charge is 2.48. The first-order valence-electron chi connectivity index (χ1n) is 10.6. The molecule has 0 saturated carbocycles. The number of hydrogen-bond donors (Lipinski definition) is 2. The monoisotopic (exact) mass is 398 g/mol. The van der Waals surface area contributed by atoms with Gasteiger partial charge < -0.3 is 10.8 Å². The van der Waals surface area contributed by atoms with E-state index in [1.807, 2.05) is 60.7 Å². The van der Waals surface area contributed by atoms with Crippen molar-refractivity contribution in [2.24, 2.45) is 5.73 Å². The third-order valence-electron chi connectivity index (χ3n) is 6.83. The Bertz CT molecular complexity index is 1070. The zero-order chi connectivity index (χ0) is 20.8. The standard InChI is InChI=1S/C26H26N2O2/c1-16(17-9-4-2-5-10-17)23-19-13-8-14-21-24(19)20(15-22(23)29)25(27)28(21)26(30)18-11-6-3-7-12-18/h2-14,16,20,22-23,25,29H,15,27H2,1H3. The smallest absolute Gasteiger partial charge is 0.259 e. The predicted molar refractivity (Wildman–Crippen MR) is 119 cm³/mol. The van der Waals surface area contributed by atoms with Crippen LogP contribution in [0.5, 0.6) is 0 Å². The number of benzene rings is 3. The summed E-state index contributed by atoms with van der Waals surface area (Å²) in [7, 11) is 0. The van der Waals surface area contributed by atoms with Crippen molar-refractivity contribution in [3.05, 3.63) is 101 Å². The quantitative estimate of drug-likeness (QED) is 0.689. The molecule has 3 aromatic rings. The highest BCUT2D eigenvalue weighted by Crippen LogP contribution is 2.53. The highest BCUT2D eigenvalue weighted by atomic mass is 16.3. The molecule has 3 aromatic carbocycles. The Morgan fingerprint density at radius 1 is 1.00 bits per heavy atom. The lowest BCUT2D eigenvalue weighted by Gasteiger charge is -2.38. The molecule has 4 heteroatoms. The number of anilines is 1. The number of aliphatic hydroxyl groups is 1.